The second-order valence-electron chi connectivity index (χ2n) is 7.09. The number of aliphatic hydroxyl groups excluding tert-OH is 1. The summed E-state index contributed by atoms with van der Waals surface area (Å²) in [5.74, 6) is 2.00. The summed E-state index contributed by atoms with van der Waals surface area (Å²) in [6, 6.07) is 15.2. The lowest BCUT2D eigenvalue weighted by Gasteiger charge is -2.33. The van der Waals surface area contributed by atoms with E-state index in [9.17, 15) is 5.11 Å². The monoisotopic (exact) mass is 371 g/mol. The summed E-state index contributed by atoms with van der Waals surface area (Å²) in [5, 5.41) is 10.3. The first-order valence-electron chi connectivity index (χ1n) is 9.47. The molecular formula is C21H29N3O3. The minimum Gasteiger partial charge on any atom is -0.493 e. The third kappa shape index (κ3) is 5.77. The van der Waals surface area contributed by atoms with Crippen LogP contribution in [0.15, 0.2) is 48.5 Å². The SMILES string of the molecule is Nc1cccc(OCC(O)CN2CCC(COc3ccccc3)CC2)c1N. The van der Waals surface area contributed by atoms with Gasteiger partial charge in [-0.25, -0.2) is 0 Å². The van der Waals surface area contributed by atoms with Crippen molar-refractivity contribution in [2.75, 3.05) is 44.3 Å². The van der Waals surface area contributed by atoms with Crippen LogP contribution in [-0.4, -0.2) is 49.0 Å². The van der Waals surface area contributed by atoms with Gasteiger partial charge in [-0.05, 0) is 56.1 Å². The van der Waals surface area contributed by atoms with Gasteiger partial charge in [-0.1, -0.05) is 24.3 Å². The number of ether oxygens (including phenoxy) is 2. The van der Waals surface area contributed by atoms with Crippen LogP contribution in [0.4, 0.5) is 11.4 Å². The smallest absolute Gasteiger partial charge is 0.144 e. The third-order valence-electron chi connectivity index (χ3n) is 4.94. The largest absolute Gasteiger partial charge is 0.493 e. The van der Waals surface area contributed by atoms with Crippen LogP contribution in [0, 0.1) is 5.92 Å². The first kappa shape index (κ1) is 19.3. The molecule has 1 atom stereocenters. The van der Waals surface area contributed by atoms with E-state index in [1.807, 2.05) is 30.3 Å². The predicted molar refractivity (Wildman–Crippen MR) is 108 cm³/mol. The van der Waals surface area contributed by atoms with Crippen molar-refractivity contribution >= 4 is 11.4 Å². The molecule has 6 heteroatoms. The maximum atomic E-state index is 10.3. The van der Waals surface area contributed by atoms with E-state index in [1.165, 1.54) is 0 Å². The minimum atomic E-state index is -0.567. The highest BCUT2D eigenvalue weighted by atomic mass is 16.5. The number of anilines is 2. The molecule has 0 saturated carbocycles. The Hall–Kier alpha value is -2.44. The molecule has 6 nitrogen and oxygen atoms in total. The average Bonchev–Trinajstić information content (AvgIpc) is 2.69. The number of rotatable bonds is 8. The normalized spacial score (nSPS) is 16.8. The number of β-amino-alcohol motifs (C(OH)–C–C–N with tert-alkyl or cyclic N) is 1. The second kappa shape index (κ2) is 9.48. The number of hydrogen-bond acceptors (Lipinski definition) is 6. The fourth-order valence-electron chi connectivity index (χ4n) is 3.29. The Kier molecular flexibility index (Phi) is 6.79. The van der Waals surface area contributed by atoms with Gasteiger partial charge in [-0.15, -0.1) is 0 Å². The highest BCUT2D eigenvalue weighted by molar-refractivity contribution is 5.70. The Morgan fingerprint density at radius 1 is 1.00 bits per heavy atom. The maximum Gasteiger partial charge on any atom is 0.144 e. The van der Waals surface area contributed by atoms with Gasteiger partial charge in [0.15, 0.2) is 0 Å². The van der Waals surface area contributed by atoms with Gasteiger partial charge >= 0.3 is 0 Å². The van der Waals surface area contributed by atoms with Gasteiger partial charge in [0.25, 0.3) is 0 Å². The lowest BCUT2D eigenvalue weighted by Crippen LogP contribution is -2.41. The van der Waals surface area contributed by atoms with Crippen molar-refractivity contribution in [2.24, 2.45) is 5.92 Å². The number of nitrogens with two attached hydrogens (primary N) is 2. The van der Waals surface area contributed by atoms with Gasteiger partial charge in [0.1, 0.15) is 24.2 Å². The van der Waals surface area contributed by atoms with Crippen molar-refractivity contribution in [3.63, 3.8) is 0 Å². The molecular weight excluding hydrogens is 342 g/mol. The zero-order valence-electron chi connectivity index (χ0n) is 15.6. The second-order valence-corrected chi connectivity index (χ2v) is 7.09. The van der Waals surface area contributed by atoms with Crippen LogP contribution < -0.4 is 20.9 Å². The van der Waals surface area contributed by atoms with E-state index in [-0.39, 0.29) is 6.61 Å². The number of aliphatic hydroxyl groups is 1. The molecule has 27 heavy (non-hydrogen) atoms. The Labute approximate surface area is 160 Å². The van der Waals surface area contributed by atoms with Gasteiger partial charge in [0.2, 0.25) is 0 Å². The lowest BCUT2D eigenvalue weighted by molar-refractivity contribution is 0.0505. The van der Waals surface area contributed by atoms with E-state index >= 15 is 0 Å². The van der Waals surface area contributed by atoms with Crippen LogP contribution in [0.2, 0.25) is 0 Å². The zero-order valence-corrected chi connectivity index (χ0v) is 15.6. The Morgan fingerprint density at radius 2 is 1.74 bits per heavy atom. The molecule has 0 aromatic heterocycles. The summed E-state index contributed by atoms with van der Waals surface area (Å²) >= 11 is 0. The summed E-state index contributed by atoms with van der Waals surface area (Å²) < 4.78 is 11.5. The number of para-hydroxylation sites is 2. The molecule has 1 saturated heterocycles. The molecule has 2 aromatic rings. The van der Waals surface area contributed by atoms with E-state index in [2.05, 4.69) is 4.90 Å². The molecule has 1 aliphatic heterocycles. The van der Waals surface area contributed by atoms with Crippen LogP contribution in [0.3, 0.4) is 0 Å². The fourth-order valence-corrected chi connectivity index (χ4v) is 3.29. The summed E-state index contributed by atoms with van der Waals surface area (Å²) in [4.78, 5) is 2.27. The first-order valence-corrected chi connectivity index (χ1v) is 9.47. The zero-order chi connectivity index (χ0) is 19.1. The molecule has 0 aliphatic carbocycles. The number of likely N-dealkylation sites (tertiary alicyclic amines) is 1. The molecule has 0 amide bonds. The van der Waals surface area contributed by atoms with Crippen molar-refractivity contribution in [1.82, 2.24) is 4.90 Å². The molecule has 2 aromatic carbocycles. The van der Waals surface area contributed by atoms with Gasteiger partial charge in [0.05, 0.1) is 18.0 Å². The molecule has 1 unspecified atom stereocenters. The Morgan fingerprint density at radius 3 is 2.48 bits per heavy atom. The molecule has 3 rings (SSSR count). The van der Waals surface area contributed by atoms with E-state index in [0.717, 1.165) is 38.3 Å². The quantitative estimate of drug-likeness (QED) is 0.617. The number of hydrogen-bond donors (Lipinski definition) is 3. The molecule has 0 bridgehead atoms. The minimum absolute atomic E-state index is 0.199. The van der Waals surface area contributed by atoms with Crippen LogP contribution in [0.1, 0.15) is 12.8 Å². The van der Waals surface area contributed by atoms with E-state index in [0.29, 0.717) is 29.6 Å². The number of nitrogen functional groups attached to an aromatic ring is 2. The molecule has 5 N–H and O–H groups in total. The van der Waals surface area contributed by atoms with E-state index in [1.54, 1.807) is 18.2 Å². The van der Waals surface area contributed by atoms with Crippen LogP contribution in [-0.2, 0) is 0 Å². The van der Waals surface area contributed by atoms with Crippen molar-refractivity contribution in [3.8, 4) is 11.5 Å². The first-order chi connectivity index (χ1) is 13.1. The van der Waals surface area contributed by atoms with Crippen LogP contribution in [0.25, 0.3) is 0 Å². The number of nitrogens with zero attached hydrogens (tertiary/aromatic N) is 1. The summed E-state index contributed by atoms with van der Waals surface area (Å²) in [7, 11) is 0. The average molecular weight is 371 g/mol. The highest BCUT2D eigenvalue weighted by Crippen LogP contribution is 2.27. The van der Waals surface area contributed by atoms with E-state index < -0.39 is 6.10 Å². The van der Waals surface area contributed by atoms with Gasteiger partial charge < -0.3 is 30.9 Å². The third-order valence-corrected chi connectivity index (χ3v) is 4.94. The van der Waals surface area contributed by atoms with Crippen molar-refractivity contribution < 1.29 is 14.6 Å². The van der Waals surface area contributed by atoms with Crippen LogP contribution in [0.5, 0.6) is 11.5 Å². The summed E-state index contributed by atoms with van der Waals surface area (Å²) in [6.07, 6.45) is 1.58. The van der Waals surface area contributed by atoms with Gasteiger partial charge in [0, 0.05) is 6.54 Å². The molecule has 0 spiro atoms. The topological polar surface area (TPSA) is 94.0 Å². The highest BCUT2D eigenvalue weighted by Gasteiger charge is 2.22. The molecule has 146 valence electrons. The lowest BCUT2D eigenvalue weighted by atomic mass is 9.97. The Balaban J connectivity index is 1.35. The molecule has 1 heterocycles. The summed E-state index contributed by atoms with van der Waals surface area (Å²) in [6.45, 7) is 3.46. The molecule has 1 aliphatic rings. The van der Waals surface area contributed by atoms with Crippen LogP contribution >= 0.6 is 0 Å². The molecule has 0 radical (unpaired) electrons. The Bertz CT molecular complexity index is 703. The van der Waals surface area contributed by atoms with Gasteiger partial charge in [-0.3, -0.25) is 0 Å². The van der Waals surface area contributed by atoms with Crippen molar-refractivity contribution in [1.29, 1.82) is 0 Å². The molecule has 1 fully saturated rings. The van der Waals surface area contributed by atoms with Gasteiger partial charge in [-0.2, -0.15) is 0 Å². The van der Waals surface area contributed by atoms with Crippen molar-refractivity contribution in [2.45, 2.75) is 18.9 Å². The van der Waals surface area contributed by atoms with E-state index in [4.69, 9.17) is 20.9 Å². The number of benzene rings is 2. The fraction of sp³-hybridized carbons (Fsp3) is 0.429. The predicted octanol–water partition coefficient (Wildman–Crippen LogP) is 2.38. The number of piperidine rings is 1. The summed E-state index contributed by atoms with van der Waals surface area (Å²) in [5.41, 5.74) is 12.6. The standard InChI is InChI=1S/C21H29N3O3/c22-19-7-4-8-20(21(19)23)27-15-17(25)13-24-11-9-16(10-12-24)14-26-18-5-2-1-3-6-18/h1-8,16-17,25H,9-15,22-23H2. The van der Waals surface area contributed by atoms with Crippen molar-refractivity contribution in [3.05, 3.63) is 48.5 Å². The maximum absolute atomic E-state index is 10.3.